The molecule has 0 aliphatic rings. The van der Waals surface area contributed by atoms with Crippen LogP contribution in [-0.2, 0) is 0 Å². The molecule has 10 nitrogen and oxygen atoms in total. The summed E-state index contributed by atoms with van der Waals surface area (Å²) in [5.74, 6) is 0. The summed E-state index contributed by atoms with van der Waals surface area (Å²) in [6.07, 6.45) is 11.6. The second kappa shape index (κ2) is 58.2. The van der Waals surface area contributed by atoms with E-state index in [2.05, 4.69) is 316 Å². The fourth-order valence-corrected chi connectivity index (χ4v) is 14.1. The lowest BCUT2D eigenvalue weighted by Crippen LogP contribution is -1.90. The van der Waals surface area contributed by atoms with Crippen LogP contribution in [0.2, 0.25) is 0 Å². The standard InChI is InChI=1S/2C19H12N2.3C15H10N2.15C2H6/c2*1-2-9-15-13(7-1)14-8-3-5-11-17(14)21-18-12-6-4-10-16(18)20-19(15)21;3*1-2-7-13-11(5-1)12-6-3-4-8-14(12)17-10-9-16-15(13)17;15*1-2/h2*1-12H;3*1-10H;15*1-2H3. The van der Waals surface area contributed by atoms with Crippen LogP contribution in [0, 0.1) is 0 Å². The van der Waals surface area contributed by atoms with Crippen LogP contribution in [0.15, 0.2) is 328 Å². The molecule has 0 unspecified atom stereocenters. The van der Waals surface area contributed by atoms with Crippen molar-refractivity contribution < 1.29 is 0 Å². The number of benzene rings is 12. The summed E-state index contributed by atoms with van der Waals surface area (Å²) in [7, 11) is 0. The molecule has 0 aliphatic heterocycles. The Morgan fingerprint density at radius 2 is 0.301 bits per heavy atom. The number of fused-ring (bicyclic) bond motifs is 34. The highest BCUT2D eigenvalue weighted by atomic mass is 15.0. The van der Waals surface area contributed by atoms with E-state index < -0.39 is 0 Å². The normalized spacial score (nSPS) is 9.54. The molecular weight excluding hydrogens is 1500 g/mol. The van der Waals surface area contributed by atoms with Gasteiger partial charge in [-0.05, 0) is 81.5 Å². The summed E-state index contributed by atoms with van der Waals surface area (Å²) in [5, 5.41) is 18.7. The minimum atomic E-state index is 1.03. The number of imidazole rings is 5. The molecule has 10 heteroatoms. The monoisotopic (exact) mass is 1640 g/mol. The van der Waals surface area contributed by atoms with Crippen molar-refractivity contribution in [2.45, 2.75) is 208 Å². The van der Waals surface area contributed by atoms with E-state index in [0.717, 1.165) is 50.3 Å². The second-order valence-electron chi connectivity index (χ2n) is 23.2. The molecule has 0 saturated carbocycles. The van der Waals surface area contributed by atoms with Gasteiger partial charge in [0.1, 0.15) is 28.2 Å². The number of pyridine rings is 5. The van der Waals surface area contributed by atoms with Crippen molar-refractivity contribution in [1.82, 2.24) is 46.9 Å². The van der Waals surface area contributed by atoms with E-state index in [9.17, 15) is 0 Å². The fourth-order valence-electron chi connectivity index (χ4n) is 14.1. The molecule has 0 aliphatic carbocycles. The third kappa shape index (κ3) is 23.1. The van der Waals surface area contributed by atoms with Gasteiger partial charge in [0.2, 0.25) is 0 Å². The number of nitrogens with zero attached hydrogens (tertiary/aromatic N) is 10. The van der Waals surface area contributed by atoms with Crippen molar-refractivity contribution in [3.8, 4) is 0 Å². The molecule has 0 spiro atoms. The van der Waals surface area contributed by atoms with Gasteiger partial charge in [-0.1, -0.05) is 444 Å². The van der Waals surface area contributed by atoms with E-state index in [1.807, 2.05) is 257 Å². The van der Waals surface area contributed by atoms with Gasteiger partial charge in [0, 0.05) is 91.0 Å². The highest BCUT2D eigenvalue weighted by Gasteiger charge is 2.16. The van der Waals surface area contributed by atoms with Gasteiger partial charge in [0.25, 0.3) is 0 Å². The van der Waals surface area contributed by atoms with E-state index in [1.54, 1.807) is 0 Å². The Labute approximate surface area is 737 Å². The summed E-state index contributed by atoms with van der Waals surface area (Å²) in [6, 6.07) is 101. The number of para-hydroxylation sites is 9. The van der Waals surface area contributed by atoms with Gasteiger partial charge in [-0.15, -0.1) is 0 Å². The van der Waals surface area contributed by atoms with E-state index in [1.165, 1.54) is 108 Å². The van der Waals surface area contributed by atoms with Gasteiger partial charge in [-0.25, -0.2) is 24.9 Å². The molecule has 12 aromatic carbocycles. The van der Waals surface area contributed by atoms with E-state index in [0.29, 0.717) is 0 Å². The van der Waals surface area contributed by atoms with Crippen LogP contribution in [0.4, 0.5) is 0 Å². The van der Waals surface area contributed by atoms with E-state index in [-0.39, 0.29) is 0 Å². The number of rotatable bonds is 0. The lowest BCUT2D eigenvalue weighted by Gasteiger charge is -2.08. The Hall–Kier alpha value is -12.8. The van der Waals surface area contributed by atoms with Gasteiger partial charge in [-0.3, -0.25) is 22.0 Å². The molecule has 0 bridgehead atoms. The summed E-state index contributed by atoms with van der Waals surface area (Å²) in [6.45, 7) is 60.0. The van der Waals surface area contributed by atoms with Gasteiger partial charge < -0.3 is 0 Å². The molecule has 22 aromatic rings. The first-order valence-corrected chi connectivity index (χ1v) is 46.2. The maximum Gasteiger partial charge on any atom is 0.146 e. The third-order valence-electron chi connectivity index (χ3n) is 18.1. The van der Waals surface area contributed by atoms with Gasteiger partial charge in [0.15, 0.2) is 0 Å². The first-order valence-electron chi connectivity index (χ1n) is 46.2. The quantitative estimate of drug-likeness (QED) is 0.141. The van der Waals surface area contributed by atoms with E-state index in [4.69, 9.17) is 9.97 Å². The smallest absolute Gasteiger partial charge is 0.146 e. The van der Waals surface area contributed by atoms with Crippen LogP contribution in [0.25, 0.3) is 159 Å². The molecule has 10 heterocycles. The maximum atomic E-state index is 4.86. The minimum Gasteiger partial charge on any atom is -0.299 e. The largest absolute Gasteiger partial charge is 0.299 e. The molecule has 0 fully saturated rings. The zero-order chi connectivity index (χ0) is 91.3. The highest BCUT2D eigenvalue weighted by molar-refractivity contribution is 6.17. The number of aromatic nitrogens is 10. The molecule has 0 saturated heterocycles. The summed E-state index contributed by atoms with van der Waals surface area (Å²) in [5.41, 5.74) is 15.6. The van der Waals surface area contributed by atoms with Crippen LogP contribution in [0.1, 0.15) is 208 Å². The highest BCUT2D eigenvalue weighted by Crippen LogP contribution is 2.36. The molecule has 10 aromatic heterocycles. The van der Waals surface area contributed by atoms with Crippen molar-refractivity contribution in [2.75, 3.05) is 0 Å². The average Bonchev–Trinajstić information content (AvgIpc) is 1.60. The lowest BCUT2D eigenvalue weighted by molar-refractivity contribution is 1.27. The first kappa shape index (κ1) is 104. The van der Waals surface area contributed by atoms with Crippen LogP contribution >= 0.6 is 0 Å². The predicted octanol–water partition coefficient (Wildman–Crippen LogP) is 35.9. The Bertz CT molecular complexity index is 5930. The van der Waals surface area contributed by atoms with Crippen molar-refractivity contribution in [3.63, 3.8) is 0 Å². The van der Waals surface area contributed by atoms with Crippen LogP contribution in [-0.4, -0.2) is 46.9 Å². The van der Waals surface area contributed by atoms with Crippen LogP contribution in [0.5, 0.6) is 0 Å². The van der Waals surface area contributed by atoms with Gasteiger partial charge in [0.05, 0.1) is 49.7 Å². The van der Waals surface area contributed by atoms with Gasteiger partial charge in [-0.2, -0.15) is 0 Å². The average molecular weight is 1640 g/mol. The number of hydrogen-bond donors (Lipinski definition) is 0. The zero-order valence-corrected chi connectivity index (χ0v) is 80.1. The molecular formula is C113H144N10. The Balaban J connectivity index is 0.000000369. The van der Waals surface area contributed by atoms with Crippen LogP contribution in [0.3, 0.4) is 0 Å². The van der Waals surface area contributed by atoms with E-state index >= 15 is 0 Å². The molecule has 0 radical (unpaired) electrons. The fraction of sp³-hybridized carbons (Fsp3) is 0.265. The predicted molar refractivity (Wildman–Crippen MR) is 556 cm³/mol. The second-order valence-corrected chi connectivity index (χ2v) is 23.2. The topological polar surface area (TPSA) is 86.5 Å². The molecule has 0 amide bonds. The Morgan fingerprint density at radius 1 is 0.146 bits per heavy atom. The molecule has 22 rings (SSSR count). The Morgan fingerprint density at radius 3 is 0.520 bits per heavy atom. The molecule has 646 valence electrons. The summed E-state index contributed by atoms with van der Waals surface area (Å²) in [4.78, 5) is 23.1. The molecule has 123 heavy (non-hydrogen) atoms. The lowest BCUT2D eigenvalue weighted by atomic mass is 10.1. The van der Waals surface area contributed by atoms with Crippen LogP contribution < -0.4 is 0 Å². The minimum absolute atomic E-state index is 1.03. The SMILES string of the molecule is CC.CC.CC.CC.CC.CC.CC.CC.CC.CC.CC.CC.CC.CC.CC.c1ccc2c(c1)c1ccccc1n1ccnc21.c1ccc2c(c1)c1ccccc1n1ccnc21.c1ccc2c(c1)c1ccccc1n1ccnc21.c1ccc2c(c1)nc1c3ccccc3c3ccccc3n21.c1ccc2c(c1)nc1c3ccccc3c3ccccc3n21. The zero-order valence-electron chi connectivity index (χ0n) is 80.1. The van der Waals surface area contributed by atoms with Crippen molar-refractivity contribution in [2.24, 2.45) is 0 Å². The van der Waals surface area contributed by atoms with Crippen molar-refractivity contribution in [3.05, 3.63) is 328 Å². The first-order chi connectivity index (χ1) is 61.2. The summed E-state index contributed by atoms with van der Waals surface area (Å²) < 4.78 is 11.0. The third-order valence-corrected chi connectivity index (χ3v) is 18.1. The maximum absolute atomic E-state index is 4.86. The molecule has 0 N–H and O–H groups in total. The van der Waals surface area contributed by atoms with Crippen molar-refractivity contribution >= 4 is 159 Å². The summed E-state index contributed by atoms with van der Waals surface area (Å²) >= 11 is 0. The Kier molecular flexibility index (Phi) is 49.4. The molecule has 0 atom stereocenters. The van der Waals surface area contributed by atoms with Crippen molar-refractivity contribution in [1.29, 1.82) is 0 Å². The van der Waals surface area contributed by atoms with Gasteiger partial charge >= 0.3 is 0 Å². The number of hydrogen-bond acceptors (Lipinski definition) is 5.